The zero-order valence-electron chi connectivity index (χ0n) is 17.4. The van der Waals surface area contributed by atoms with Gasteiger partial charge in [-0.05, 0) is 74.0 Å². The van der Waals surface area contributed by atoms with Gasteiger partial charge in [0.1, 0.15) is 0 Å². The average molecular weight is 392 g/mol. The molecule has 0 spiro atoms. The van der Waals surface area contributed by atoms with E-state index in [1.807, 2.05) is 25.2 Å². The van der Waals surface area contributed by atoms with Gasteiger partial charge in [0.05, 0.1) is 6.10 Å². The van der Waals surface area contributed by atoms with Gasteiger partial charge in [-0.2, -0.15) is 0 Å². The van der Waals surface area contributed by atoms with Gasteiger partial charge >= 0.3 is 0 Å². The quantitative estimate of drug-likeness (QED) is 0.711. The summed E-state index contributed by atoms with van der Waals surface area (Å²) in [4.78, 5) is 19.9. The van der Waals surface area contributed by atoms with Crippen LogP contribution in [-0.4, -0.2) is 36.3 Å². The highest BCUT2D eigenvalue weighted by Gasteiger charge is 2.19. The Hall–Kier alpha value is -2.79. The van der Waals surface area contributed by atoms with Crippen LogP contribution in [0.4, 0.5) is 11.4 Å². The highest BCUT2D eigenvalue weighted by Crippen LogP contribution is 2.28. The second kappa shape index (κ2) is 7.91. The molecule has 2 N–H and O–H groups in total. The van der Waals surface area contributed by atoms with E-state index in [9.17, 15) is 9.90 Å². The van der Waals surface area contributed by atoms with Gasteiger partial charge < -0.3 is 19.9 Å². The molecule has 1 aromatic heterocycles. The van der Waals surface area contributed by atoms with E-state index in [1.54, 1.807) is 0 Å². The number of H-pyrrole nitrogens is 1. The van der Waals surface area contributed by atoms with Gasteiger partial charge in [0.2, 0.25) is 0 Å². The number of aromatic amines is 1. The van der Waals surface area contributed by atoms with Crippen LogP contribution in [0.25, 0.3) is 10.9 Å². The van der Waals surface area contributed by atoms with Crippen LogP contribution < -0.4 is 15.4 Å². The van der Waals surface area contributed by atoms with Crippen molar-refractivity contribution in [3.05, 3.63) is 69.5 Å². The number of nitrogens with one attached hydrogen (secondary N) is 1. The standard InChI is InChI=1S/C24H29N3O2/c1-16-6-8-22-18(11-16)13-19(24(29)25-22)14-26(3)23-9-7-20(12-17(23)2)27-10-4-5-21(28)15-27/h6-9,11-13,21,28H,4-5,10,14-15H2,1-3H3,(H,25,29). The van der Waals surface area contributed by atoms with Gasteiger partial charge in [0, 0.05) is 49.1 Å². The van der Waals surface area contributed by atoms with E-state index in [4.69, 9.17) is 0 Å². The van der Waals surface area contributed by atoms with Crippen LogP contribution in [0.3, 0.4) is 0 Å². The maximum Gasteiger partial charge on any atom is 0.253 e. The molecule has 29 heavy (non-hydrogen) atoms. The fourth-order valence-electron chi connectivity index (χ4n) is 4.28. The van der Waals surface area contributed by atoms with Crippen LogP contribution in [0.1, 0.15) is 29.5 Å². The molecular weight excluding hydrogens is 362 g/mol. The van der Waals surface area contributed by atoms with Crippen molar-refractivity contribution in [1.29, 1.82) is 0 Å². The van der Waals surface area contributed by atoms with Gasteiger partial charge in [-0.3, -0.25) is 4.79 Å². The molecule has 0 amide bonds. The van der Waals surface area contributed by atoms with Gasteiger partial charge in [0.25, 0.3) is 5.56 Å². The second-order valence-corrected chi connectivity index (χ2v) is 8.28. The number of aliphatic hydroxyl groups is 1. The number of hydrogen-bond acceptors (Lipinski definition) is 4. The lowest BCUT2D eigenvalue weighted by Crippen LogP contribution is -2.38. The first-order chi connectivity index (χ1) is 13.9. The number of aryl methyl sites for hydroxylation is 2. The summed E-state index contributed by atoms with van der Waals surface area (Å²) in [6, 6.07) is 14.5. The molecule has 0 bridgehead atoms. The third-order valence-electron chi connectivity index (χ3n) is 5.84. The van der Waals surface area contributed by atoms with Crippen molar-refractivity contribution in [1.82, 2.24) is 4.98 Å². The highest BCUT2D eigenvalue weighted by atomic mass is 16.3. The molecule has 1 saturated heterocycles. The lowest BCUT2D eigenvalue weighted by atomic mass is 10.1. The number of fused-ring (bicyclic) bond motifs is 1. The van der Waals surface area contributed by atoms with E-state index in [1.165, 1.54) is 5.56 Å². The van der Waals surface area contributed by atoms with Crippen molar-refractivity contribution in [2.45, 2.75) is 39.3 Å². The molecule has 1 atom stereocenters. The van der Waals surface area contributed by atoms with Crippen molar-refractivity contribution in [3.63, 3.8) is 0 Å². The van der Waals surface area contributed by atoms with Gasteiger partial charge in [-0.1, -0.05) is 11.6 Å². The van der Waals surface area contributed by atoms with E-state index in [0.717, 1.165) is 52.8 Å². The Morgan fingerprint density at radius 2 is 2.00 bits per heavy atom. The molecule has 2 heterocycles. The van der Waals surface area contributed by atoms with Crippen molar-refractivity contribution in [3.8, 4) is 0 Å². The zero-order valence-corrected chi connectivity index (χ0v) is 17.4. The smallest absolute Gasteiger partial charge is 0.253 e. The summed E-state index contributed by atoms with van der Waals surface area (Å²) in [5.74, 6) is 0. The first-order valence-electron chi connectivity index (χ1n) is 10.3. The Morgan fingerprint density at radius 1 is 1.17 bits per heavy atom. The van der Waals surface area contributed by atoms with E-state index < -0.39 is 0 Å². The minimum absolute atomic E-state index is 0.0372. The summed E-state index contributed by atoms with van der Waals surface area (Å²) in [5.41, 5.74) is 6.19. The summed E-state index contributed by atoms with van der Waals surface area (Å²) < 4.78 is 0. The first kappa shape index (κ1) is 19.5. The number of nitrogens with zero attached hydrogens (tertiary/aromatic N) is 2. The summed E-state index contributed by atoms with van der Waals surface area (Å²) in [7, 11) is 2.02. The molecule has 1 fully saturated rings. The number of aromatic nitrogens is 1. The Balaban J connectivity index is 1.57. The number of hydrogen-bond donors (Lipinski definition) is 2. The molecule has 5 heteroatoms. The van der Waals surface area contributed by atoms with Gasteiger partial charge in [0.15, 0.2) is 0 Å². The third-order valence-corrected chi connectivity index (χ3v) is 5.84. The summed E-state index contributed by atoms with van der Waals surface area (Å²) >= 11 is 0. The Kier molecular flexibility index (Phi) is 5.33. The first-order valence-corrected chi connectivity index (χ1v) is 10.3. The summed E-state index contributed by atoms with van der Waals surface area (Å²) in [5, 5.41) is 11.0. The van der Waals surface area contributed by atoms with E-state index in [2.05, 4.69) is 52.9 Å². The van der Waals surface area contributed by atoms with E-state index in [0.29, 0.717) is 13.1 Å². The topological polar surface area (TPSA) is 59.6 Å². The monoisotopic (exact) mass is 391 g/mol. The maximum absolute atomic E-state index is 12.5. The zero-order chi connectivity index (χ0) is 20.5. The number of β-amino-alcohol motifs (C(OH)–C–C–N with tert-alkyl or cyclic N) is 1. The van der Waals surface area contributed by atoms with Crippen molar-refractivity contribution >= 4 is 22.3 Å². The van der Waals surface area contributed by atoms with Crippen LogP contribution in [0.5, 0.6) is 0 Å². The Morgan fingerprint density at radius 3 is 2.76 bits per heavy atom. The SMILES string of the molecule is Cc1ccc2[nH]c(=O)c(CN(C)c3ccc(N4CCCC(O)C4)cc3C)cc2c1. The molecule has 0 saturated carbocycles. The molecule has 4 rings (SSSR count). The van der Waals surface area contributed by atoms with Crippen LogP contribution in [0, 0.1) is 13.8 Å². The van der Waals surface area contributed by atoms with Crippen molar-refractivity contribution < 1.29 is 5.11 Å². The molecule has 1 aliphatic heterocycles. The summed E-state index contributed by atoms with van der Waals surface area (Å²) in [6.07, 6.45) is 1.66. The Labute approximate surface area is 171 Å². The highest BCUT2D eigenvalue weighted by molar-refractivity contribution is 5.79. The van der Waals surface area contributed by atoms with E-state index in [-0.39, 0.29) is 11.7 Å². The molecule has 152 valence electrons. The third kappa shape index (κ3) is 4.15. The number of rotatable bonds is 4. The molecule has 0 radical (unpaired) electrons. The van der Waals surface area contributed by atoms with Crippen LogP contribution in [-0.2, 0) is 6.54 Å². The van der Waals surface area contributed by atoms with E-state index >= 15 is 0 Å². The number of pyridine rings is 1. The maximum atomic E-state index is 12.5. The van der Waals surface area contributed by atoms with Crippen molar-refractivity contribution in [2.24, 2.45) is 0 Å². The Bertz CT molecular complexity index is 1090. The van der Waals surface area contributed by atoms with Crippen LogP contribution in [0.2, 0.25) is 0 Å². The lowest BCUT2D eigenvalue weighted by Gasteiger charge is -2.33. The minimum atomic E-state index is -0.241. The molecule has 1 unspecified atom stereocenters. The fourth-order valence-corrected chi connectivity index (χ4v) is 4.28. The number of benzene rings is 2. The lowest BCUT2D eigenvalue weighted by molar-refractivity contribution is 0.154. The van der Waals surface area contributed by atoms with Crippen LogP contribution in [0.15, 0.2) is 47.3 Å². The van der Waals surface area contributed by atoms with Gasteiger partial charge in [-0.15, -0.1) is 0 Å². The predicted molar refractivity (Wildman–Crippen MR) is 120 cm³/mol. The van der Waals surface area contributed by atoms with Gasteiger partial charge in [-0.25, -0.2) is 0 Å². The molecule has 2 aromatic carbocycles. The number of aliphatic hydroxyl groups excluding tert-OH is 1. The number of anilines is 2. The molecule has 5 nitrogen and oxygen atoms in total. The molecule has 0 aliphatic carbocycles. The molecular formula is C24H29N3O2. The van der Waals surface area contributed by atoms with Crippen molar-refractivity contribution in [2.75, 3.05) is 29.9 Å². The largest absolute Gasteiger partial charge is 0.391 e. The molecule has 3 aromatic rings. The predicted octanol–water partition coefficient (Wildman–Crippen LogP) is 3.74. The van der Waals surface area contributed by atoms with Crippen LogP contribution >= 0.6 is 0 Å². The number of piperidine rings is 1. The average Bonchev–Trinajstić information content (AvgIpc) is 2.68. The summed E-state index contributed by atoms with van der Waals surface area (Å²) in [6.45, 7) is 6.38. The minimum Gasteiger partial charge on any atom is -0.391 e. The second-order valence-electron chi connectivity index (χ2n) is 8.28. The normalized spacial score (nSPS) is 17.0. The molecule has 1 aliphatic rings. The fraction of sp³-hybridized carbons (Fsp3) is 0.375.